The molecule has 0 aliphatic rings. The fraction of sp³-hybridized carbons (Fsp3) is 0.0909. The molecule has 4 nitrogen and oxygen atoms in total. The second-order valence-corrected chi connectivity index (χ2v) is 7.14. The van der Waals surface area contributed by atoms with Crippen LogP contribution in [0.4, 0.5) is 5.69 Å². The average molecular weight is 410 g/mol. The molecule has 0 bridgehead atoms. The number of carbonyl (C=O) groups is 1. The topological polar surface area (TPSA) is 57.8 Å². The van der Waals surface area contributed by atoms with Crippen molar-refractivity contribution < 1.29 is 4.79 Å². The highest BCUT2D eigenvalue weighted by atomic mass is 35.5. The lowest BCUT2D eigenvalue weighted by atomic mass is 10.1. The maximum Gasteiger partial charge on any atom is 0.266 e. The molecule has 2 aromatic carbocycles. The molecule has 140 valence electrons. The second kappa shape index (κ2) is 8.35. The van der Waals surface area contributed by atoms with Crippen LogP contribution in [0.5, 0.6) is 0 Å². The van der Waals surface area contributed by atoms with Crippen LogP contribution in [0.15, 0.2) is 60.2 Å². The van der Waals surface area contributed by atoms with Gasteiger partial charge < -0.3 is 9.88 Å². The summed E-state index contributed by atoms with van der Waals surface area (Å²) in [6.07, 6.45) is 1.60. The predicted octanol–water partition coefficient (Wildman–Crippen LogP) is 5.95. The third-order valence-corrected chi connectivity index (χ3v) is 4.83. The highest BCUT2D eigenvalue weighted by Crippen LogP contribution is 2.24. The maximum atomic E-state index is 12.5. The van der Waals surface area contributed by atoms with Crippen LogP contribution in [0.3, 0.4) is 0 Å². The molecule has 0 radical (unpaired) electrons. The van der Waals surface area contributed by atoms with Crippen LogP contribution < -0.4 is 5.32 Å². The third-order valence-electron chi connectivity index (χ3n) is 4.32. The number of nitrogens with zero attached hydrogens (tertiary/aromatic N) is 2. The summed E-state index contributed by atoms with van der Waals surface area (Å²) >= 11 is 11.8. The first-order valence-electron chi connectivity index (χ1n) is 8.52. The van der Waals surface area contributed by atoms with Gasteiger partial charge in [0.05, 0.1) is 0 Å². The molecule has 0 aliphatic heterocycles. The Kier molecular flexibility index (Phi) is 5.89. The zero-order chi connectivity index (χ0) is 20.3. The number of amides is 1. The van der Waals surface area contributed by atoms with Crippen molar-refractivity contribution in [2.45, 2.75) is 13.8 Å². The summed E-state index contributed by atoms with van der Waals surface area (Å²) in [4.78, 5) is 12.5. The number of carbonyl (C=O) groups excluding carboxylic acids is 1. The Hall–Kier alpha value is -3.00. The minimum Gasteiger partial charge on any atom is -0.321 e. The summed E-state index contributed by atoms with van der Waals surface area (Å²) in [5, 5.41) is 13.4. The van der Waals surface area contributed by atoms with Gasteiger partial charge in [0.2, 0.25) is 0 Å². The fourth-order valence-corrected chi connectivity index (χ4v) is 3.21. The molecule has 0 aliphatic carbocycles. The van der Waals surface area contributed by atoms with Crippen LogP contribution in [0.25, 0.3) is 11.8 Å². The van der Waals surface area contributed by atoms with Gasteiger partial charge in [-0.15, -0.1) is 0 Å². The number of hydrogen-bond donors (Lipinski definition) is 1. The van der Waals surface area contributed by atoms with Crippen LogP contribution in [0, 0.1) is 25.2 Å². The van der Waals surface area contributed by atoms with E-state index in [-0.39, 0.29) is 5.57 Å². The van der Waals surface area contributed by atoms with E-state index in [2.05, 4.69) is 5.32 Å². The van der Waals surface area contributed by atoms with Crippen molar-refractivity contribution in [1.29, 1.82) is 5.26 Å². The zero-order valence-corrected chi connectivity index (χ0v) is 16.8. The zero-order valence-electron chi connectivity index (χ0n) is 15.3. The van der Waals surface area contributed by atoms with Crippen molar-refractivity contribution in [2.24, 2.45) is 0 Å². The minimum atomic E-state index is -0.471. The molecule has 0 saturated carbocycles. The van der Waals surface area contributed by atoms with Crippen molar-refractivity contribution in [3.63, 3.8) is 0 Å². The smallest absolute Gasteiger partial charge is 0.266 e. The van der Waals surface area contributed by atoms with Crippen LogP contribution >= 0.6 is 23.2 Å². The molecule has 0 fully saturated rings. The number of nitriles is 1. The molecule has 1 amide bonds. The average Bonchev–Trinajstić information content (AvgIpc) is 2.95. The van der Waals surface area contributed by atoms with Gasteiger partial charge in [0.25, 0.3) is 5.91 Å². The number of nitrogens with one attached hydrogen (secondary N) is 1. The van der Waals surface area contributed by atoms with Crippen LogP contribution in [0.2, 0.25) is 10.0 Å². The lowest BCUT2D eigenvalue weighted by molar-refractivity contribution is -0.112. The van der Waals surface area contributed by atoms with E-state index in [1.54, 1.807) is 30.3 Å². The molecule has 0 spiro atoms. The molecule has 0 unspecified atom stereocenters. The Bertz CT molecular complexity index is 1090. The summed E-state index contributed by atoms with van der Waals surface area (Å²) in [7, 11) is 0. The first-order chi connectivity index (χ1) is 13.4. The summed E-state index contributed by atoms with van der Waals surface area (Å²) in [6, 6.07) is 18.1. The van der Waals surface area contributed by atoms with Gasteiger partial charge in [-0.2, -0.15) is 5.26 Å². The van der Waals surface area contributed by atoms with Crippen LogP contribution in [-0.4, -0.2) is 10.5 Å². The van der Waals surface area contributed by atoms with Gasteiger partial charge >= 0.3 is 0 Å². The molecular weight excluding hydrogens is 393 g/mol. The van der Waals surface area contributed by atoms with E-state index in [0.717, 1.165) is 22.6 Å². The van der Waals surface area contributed by atoms with Gasteiger partial charge in [0.15, 0.2) is 0 Å². The Morgan fingerprint density at radius 1 is 1.04 bits per heavy atom. The van der Waals surface area contributed by atoms with E-state index >= 15 is 0 Å². The van der Waals surface area contributed by atoms with E-state index in [1.807, 2.05) is 54.8 Å². The quantitative estimate of drug-likeness (QED) is 0.427. The summed E-state index contributed by atoms with van der Waals surface area (Å²) in [5.41, 5.74) is 4.26. The standard InChI is InChI=1S/C22H17Cl2N3O/c1-14-11-16(15(2)27(14)21-9-5-19(24)6-10-21)12-17(13-25)22(28)26-20-7-3-18(23)4-8-20/h3-12H,1-2H3,(H,26,28)/b17-12-. The Balaban J connectivity index is 1.91. The van der Waals surface area contributed by atoms with Crippen molar-refractivity contribution in [1.82, 2.24) is 4.57 Å². The minimum absolute atomic E-state index is 0.0197. The maximum absolute atomic E-state index is 12.5. The molecule has 28 heavy (non-hydrogen) atoms. The fourth-order valence-electron chi connectivity index (χ4n) is 2.96. The number of hydrogen-bond acceptors (Lipinski definition) is 2. The monoisotopic (exact) mass is 409 g/mol. The molecule has 6 heteroatoms. The van der Waals surface area contributed by atoms with Gasteiger partial charge in [0.1, 0.15) is 11.6 Å². The summed E-state index contributed by atoms with van der Waals surface area (Å²) in [6.45, 7) is 3.91. The molecule has 3 rings (SSSR count). The van der Waals surface area contributed by atoms with Gasteiger partial charge in [-0.05, 0) is 80.1 Å². The summed E-state index contributed by atoms with van der Waals surface area (Å²) in [5.74, 6) is -0.471. The Morgan fingerprint density at radius 2 is 1.61 bits per heavy atom. The van der Waals surface area contributed by atoms with E-state index in [4.69, 9.17) is 23.2 Å². The lowest BCUT2D eigenvalue weighted by Crippen LogP contribution is -2.13. The largest absolute Gasteiger partial charge is 0.321 e. The second-order valence-electron chi connectivity index (χ2n) is 6.27. The molecule has 1 heterocycles. The lowest BCUT2D eigenvalue weighted by Gasteiger charge is -2.09. The first-order valence-corrected chi connectivity index (χ1v) is 9.28. The van der Waals surface area contributed by atoms with Gasteiger partial charge in [-0.3, -0.25) is 4.79 Å². The molecule has 1 aromatic heterocycles. The van der Waals surface area contributed by atoms with Crippen molar-refractivity contribution >= 4 is 40.9 Å². The molecule has 1 N–H and O–H groups in total. The number of rotatable bonds is 4. The number of benzene rings is 2. The van der Waals surface area contributed by atoms with Crippen LogP contribution in [0.1, 0.15) is 17.0 Å². The Morgan fingerprint density at radius 3 is 2.18 bits per heavy atom. The van der Waals surface area contributed by atoms with Gasteiger partial charge in [-0.25, -0.2) is 0 Å². The van der Waals surface area contributed by atoms with E-state index < -0.39 is 5.91 Å². The van der Waals surface area contributed by atoms with E-state index in [0.29, 0.717) is 15.7 Å². The number of anilines is 1. The number of halogens is 2. The van der Waals surface area contributed by atoms with Gasteiger partial charge in [0, 0.05) is 32.8 Å². The highest BCUT2D eigenvalue weighted by Gasteiger charge is 2.14. The van der Waals surface area contributed by atoms with Crippen molar-refractivity contribution in [2.75, 3.05) is 5.32 Å². The molecule has 3 aromatic rings. The Labute approximate surface area is 173 Å². The molecule has 0 atom stereocenters. The number of aromatic nitrogens is 1. The van der Waals surface area contributed by atoms with E-state index in [9.17, 15) is 10.1 Å². The number of aryl methyl sites for hydroxylation is 1. The molecule has 0 saturated heterocycles. The normalized spacial score (nSPS) is 11.2. The SMILES string of the molecule is Cc1cc(/C=C(/C#N)C(=O)Nc2ccc(Cl)cc2)c(C)n1-c1ccc(Cl)cc1. The van der Waals surface area contributed by atoms with E-state index in [1.165, 1.54) is 0 Å². The third kappa shape index (κ3) is 4.28. The van der Waals surface area contributed by atoms with Crippen molar-refractivity contribution in [3.05, 3.63) is 87.2 Å². The van der Waals surface area contributed by atoms with Gasteiger partial charge in [-0.1, -0.05) is 23.2 Å². The summed E-state index contributed by atoms with van der Waals surface area (Å²) < 4.78 is 2.05. The molecular formula is C22H17Cl2N3O. The highest BCUT2D eigenvalue weighted by molar-refractivity contribution is 6.30. The van der Waals surface area contributed by atoms with Crippen LogP contribution in [-0.2, 0) is 4.79 Å². The predicted molar refractivity (Wildman–Crippen MR) is 114 cm³/mol. The van der Waals surface area contributed by atoms with Crippen molar-refractivity contribution in [3.8, 4) is 11.8 Å². The first kappa shape index (κ1) is 19.8.